The van der Waals surface area contributed by atoms with Crippen LogP contribution in [0.2, 0.25) is 5.02 Å². The van der Waals surface area contributed by atoms with Gasteiger partial charge in [-0.3, -0.25) is 0 Å². The molecule has 0 radical (unpaired) electrons. The van der Waals surface area contributed by atoms with Crippen molar-refractivity contribution < 1.29 is 12.8 Å². The van der Waals surface area contributed by atoms with Crippen molar-refractivity contribution in [2.45, 2.75) is 13.0 Å². The smallest absolute Gasteiger partial charge is 0.279 e. The highest BCUT2D eigenvalue weighted by atomic mass is 35.5. The first-order chi connectivity index (χ1) is 9.90. The largest absolute Gasteiger partial charge is 0.316 e. The lowest BCUT2D eigenvalue weighted by molar-refractivity contribution is 0.438. The SMILES string of the molecule is CN(Cc1c(F)cccc1Cl)S(=O)(=O)NCC1CCNC1. The fourth-order valence-corrected chi connectivity index (χ4v) is 3.40. The third-order valence-electron chi connectivity index (χ3n) is 3.57. The number of halogens is 2. The molecule has 1 aromatic rings. The molecule has 118 valence electrons. The van der Waals surface area contributed by atoms with Gasteiger partial charge in [0, 0.05) is 30.7 Å². The zero-order chi connectivity index (χ0) is 15.5. The van der Waals surface area contributed by atoms with E-state index >= 15 is 0 Å². The van der Waals surface area contributed by atoms with Crippen molar-refractivity contribution in [1.82, 2.24) is 14.3 Å². The van der Waals surface area contributed by atoms with Crippen molar-refractivity contribution in [3.63, 3.8) is 0 Å². The number of hydrogen-bond acceptors (Lipinski definition) is 3. The van der Waals surface area contributed by atoms with Crippen LogP contribution in [-0.2, 0) is 16.8 Å². The van der Waals surface area contributed by atoms with Crippen LogP contribution in [-0.4, -0.2) is 39.4 Å². The fourth-order valence-electron chi connectivity index (χ4n) is 2.21. The molecule has 0 aromatic heterocycles. The molecule has 1 saturated heterocycles. The van der Waals surface area contributed by atoms with Gasteiger partial charge in [-0.25, -0.2) is 9.11 Å². The first-order valence-electron chi connectivity index (χ1n) is 6.74. The van der Waals surface area contributed by atoms with Crippen LogP contribution in [0.25, 0.3) is 0 Å². The molecular formula is C13H19ClFN3O2S. The predicted molar refractivity (Wildman–Crippen MR) is 80.8 cm³/mol. The molecular weight excluding hydrogens is 317 g/mol. The van der Waals surface area contributed by atoms with E-state index < -0.39 is 16.0 Å². The molecule has 0 bridgehead atoms. The highest BCUT2D eigenvalue weighted by Gasteiger charge is 2.23. The van der Waals surface area contributed by atoms with Crippen LogP contribution in [0.3, 0.4) is 0 Å². The van der Waals surface area contributed by atoms with Gasteiger partial charge in [0.15, 0.2) is 0 Å². The van der Waals surface area contributed by atoms with E-state index in [2.05, 4.69) is 10.0 Å². The summed E-state index contributed by atoms with van der Waals surface area (Å²) < 4.78 is 41.6. The van der Waals surface area contributed by atoms with Gasteiger partial charge in [0.2, 0.25) is 0 Å². The lowest BCUT2D eigenvalue weighted by atomic mass is 10.1. The predicted octanol–water partition coefficient (Wildman–Crippen LogP) is 1.35. The highest BCUT2D eigenvalue weighted by molar-refractivity contribution is 7.87. The maximum Gasteiger partial charge on any atom is 0.279 e. The normalized spacial score (nSPS) is 19.3. The summed E-state index contributed by atoms with van der Waals surface area (Å²) in [6.07, 6.45) is 0.950. The Labute approximate surface area is 129 Å². The van der Waals surface area contributed by atoms with Crippen molar-refractivity contribution in [3.05, 3.63) is 34.6 Å². The van der Waals surface area contributed by atoms with Crippen molar-refractivity contribution in [1.29, 1.82) is 0 Å². The van der Waals surface area contributed by atoms with Crippen LogP contribution in [0, 0.1) is 11.7 Å². The molecule has 0 spiro atoms. The van der Waals surface area contributed by atoms with Gasteiger partial charge in [0.25, 0.3) is 10.2 Å². The summed E-state index contributed by atoms with van der Waals surface area (Å²) in [7, 11) is -2.25. The zero-order valence-corrected chi connectivity index (χ0v) is 13.3. The number of rotatable bonds is 6. The van der Waals surface area contributed by atoms with Gasteiger partial charge >= 0.3 is 0 Å². The maximum absolute atomic E-state index is 13.7. The standard InChI is InChI=1S/C13H19ClFN3O2S/c1-18(9-11-12(14)3-2-4-13(11)15)21(19,20)17-8-10-5-6-16-7-10/h2-4,10,16-17H,5-9H2,1H3. The van der Waals surface area contributed by atoms with Gasteiger partial charge in [0.05, 0.1) is 0 Å². The van der Waals surface area contributed by atoms with Gasteiger partial charge in [-0.15, -0.1) is 0 Å². The van der Waals surface area contributed by atoms with Gasteiger partial charge < -0.3 is 5.32 Å². The summed E-state index contributed by atoms with van der Waals surface area (Å²) in [5.74, 6) is -0.213. The lowest BCUT2D eigenvalue weighted by Gasteiger charge is -2.20. The van der Waals surface area contributed by atoms with E-state index in [0.29, 0.717) is 12.5 Å². The van der Waals surface area contributed by atoms with Crippen molar-refractivity contribution in [2.24, 2.45) is 5.92 Å². The quantitative estimate of drug-likeness (QED) is 0.825. The third-order valence-corrected chi connectivity index (χ3v) is 5.40. The number of hydrogen-bond donors (Lipinski definition) is 2. The van der Waals surface area contributed by atoms with Gasteiger partial charge in [-0.05, 0) is 37.6 Å². The Morgan fingerprint density at radius 3 is 2.90 bits per heavy atom. The van der Waals surface area contributed by atoms with E-state index in [1.165, 1.54) is 25.2 Å². The molecule has 1 unspecified atom stereocenters. The topological polar surface area (TPSA) is 61.4 Å². The Bertz CT molecular complexity index is 571. The number of benzene rings is 1. The van der Waals surface area contributed by atoms with E-state index in [1.807, 2.05) is 0 Å². The Morgan fingerprint density at radius 2 is 2.29 bits per heavy atom. The van der Waals surface area contributed by atoms with Crippen molar-refractivity contribution in [3.8, 4) is 0 Å². The Morgan fingerprint density at radius 1 is 1.52 bits per heavy atom. The molecule has 1 atom stereocenters. The summed E-state index contributed by atoms with van der Waals surface area (Å²) in [6, 6.07) is 4.29. The van der Waals surface area contributed by atoms with E-state index in [-0.39, 0.29) is 17.1 Å². The first kappa shape index (κ1) is 16.6. The summed E-state index contributed by atoms with van der Waals surface area (Å²) >= 11 is 5.91. The average Bonchev–Trinajstić information content (AvgIpc) is 2.94. The molecule has 0 amide bonds. The number of nitrogens with zero attached hydrogens (tertiary/aromatic N) is 1. The zero-order valence-electron chi connectivity index (χ0n) is 11.8. The molecule has 1 fully saturated rings. The van der Waals surface area contributed by atoms with Crippen molar-refractivity contribution >= 4 is 21.8 Å². The summed E-state index contributed by atoms with van der Waals surface area (Å²) in [5.41, 5.74) is 0.176. The molecule has 0 aliphatic carbocycles. The van der Waals surface area contributed by atoms with E-state index in [1.54, 1.807) is 0 Å². The second-order valence-electron chi connectivity index (χ2n) is 5.17. The molecule has 1 aliphatic heterocycles. The molecule has 2 rings (SSSR count). The summed E-state index contributed by atoms with van der Waals surface area (Å²) in [4.78, 5) is 0. The molecule has 0 saturated carbocycles. The summed E-state index contributed by atoms with van der Waals surface area (Å²) in [6.45, 7) is 1.99. The number of nitrogens with one attached hydrogen (secondary N) is 2. The fraction of sp³-hybridized carbons (Fsp3) is 0.538. The van der Waals surface area contributed by atoms with Gasteiger partial charge in [-0.2, -0.15) is 12.7 Å². The monoisotopic (exact) mass is 335 g/mol. The second kappa shape index (κ2) is 7.02. The maximum atomic E-state index is 13.7. The summed E-state index contributed by atoms with van der Waals surface area (Å²) in [5, 5.41) is 3.40. The van der Waals surface area contributed by atoms with Crippen LogP contribution in [0.1, 0.15) is 12.0 Å². The lowest BCUT2D eigenvalue weighted by Crippen LogP contribution is -2.40. The minimum absolute atomic E-state index is 0.107. The Balaban J connectivity index is 1.99. The molecule has 21 heavy (non-hydrogen) atoms. The van der Waals surface area contributed by atoms with E-state index in [9.17, 15) is 12.8 Å². The van der Waals surface area contributed by atoms with Crippen LogP contribution in [0.15, 0.2) is 18.2 Å². The molecule has 1 aliphatic rings. The molecule has 1 aromatic carbocycles. The van der Waals surface area contributed by atoms with Crippen LogP contribution in [0.5, 0.6) is 0 Å². The minimum Gasteiger partial charge on any atom is -0.316 e. The van der Waals surface area contributed by atoms with Crippen molar-refractivity contribution in [2.75, 3.05) is 26.7 Å². The van der Waals surface area contributed by atoms with Gasteiger partial charge in [0.1, 0.15) is 5.82 Å². The Kier molecular flexibility index (Phi) is 5.56. The highest BCUT2D eigenvalue weighted by Crippen LogP contribution is 2.21. The van der Waals surface area contributed by atoms with E-state index in [0.717, 1.165) is 23.8 Å². The van der Waals surface area contributed by atoms with E-state index in [4.69, 9.17) is 11.6 Å². The second-order valence-corrected chi connectivity index (χ2v) is 7.44. The average molecular weight is 336 g/mol. The molecule has 5 nitrogen and oxygen atoms in total. The molecule has 8 heteroatoms. The minimum atomic E-state index is -3.65. The third kappa shape index (κ3) is 4.37. The van der Waals surface area contributed by atoms with Gasteiger partial charge in [-0.1, -0.05) is 17.7 Å². The Hall–Kier alpha value is -0.730. The molecule has 1 heterocycles. The first-order valence-corrected chi connectivity index (χ1v) is 8.56. The van der Waals surface area contributed by atoms with Crippen LogP contribution in [0.4, 0.5) is 4.39 Å². The molecule has 2 N–H and O–H groups in total. The van der Waals surface area contributed by atoms with Crippen LogP contribution >= 0.6 is 11.6 Å². The van der Waals surface area contributed by atoms with Crippen LogP contribution < -0.4 is 10.0 Å².